The highest BCUT2D eigenvalue weighted by atomic mass is 16.6. The minimum absolute atomic E-state index is 0.193. The highest BCUT2D eigenvalue weighted by Crippen LogP contribution is 2.07. The van der Waals surface area contributed by atoms with E-state index in [1.54, 1.807) is 12.1 Å². The van der Waals surface area contributed by atoms with Crippen LogP contribution in [0.3, 0.4) is 0 Å². The lowest BCUT2D eigenvalue weighted by Gasteiger charge is -1.99. The van der Waals surface area contributed by atoms with Crippen LogP contribution >= 0.6 is 0 Å². The Hall–Kier alpha value is -2.04. The number of carbonyl (C=O) groups is 2. The zero-order valence-electron chi connectivity index (χ0n) is 6.69. The van der Waals surface area contributed by atoms with Gasteiger partial charge in [-0.25, -0.2) is 9.59 Å². The number of primary amides is 1. The zero-order valence-corrected chi connectivity index (χ0v) is 6.69. The van der Waals surface area contributed by atoms with Gasteiger partial charge >= 0.3 is 12.1 Å². The van der Waals surface area contributed by atoms with Crippen LogP contribution in [0.1, 0.15) is 10.4 Å². The third-order valence-electron chi connectivity index (χ3n) is 1.32. The minimum atomic E-state index is -1.13. The molecule has 0 unspecified atom stereocenters. The van der Waals surface area contributed by atoms with E-state index in [9.17, 15) is 9.59 Å². The number of rotatable bonds is 1. The molecule has 0 radical (unpaired) electrons. The van der Waals surface area contributed by atoms with Gasteiger partial charge in [0.25, 0.3) is 0 Å². The van der Waals surface area contributed by atoms with E-state index in [2.05, 4.69) is 10.5 Å². The Bertz CT molecular complexity index is 349. The summed E-state index contributed by atoms with van der Waals surface area (Å²) in [5.74, 6) is -0.806. The summed E-state index contributed by atoms with van der Waals surface area (Å²) in [6.45, 7) is 0. The van der Waals surface area contributed by atoms with Crippen molar-refractivity contribution in [2.75, 3.05) is 5.73 Å². The molecule has 0 heterocycles. The van der Waals surface area contributed by atoms with E-state index in [4.69, 9.17) is 5.73 Å². The van der Waals surface area contributed by atoms with E-state index in [-0.39, 0.29) is 5.56 Å². The molecule has 0 aliphatic carbocycles. The molecule has 5 heteroatoms. The van der Waals surface area contributed by atoms with Crippen LogP contribution in [-0.4, -0.2) is 12.1 Å². The van der Waals surface area contributed by atoms with Gasteiger partial charge in [-0.2, -0.15) is 0 Å². The van der Waals surface area contributed by atoms with Crippen LogP contribution < -0.4 is 11.5 Å². The summed E-state index contributed by atoms with van der Waals surface area (Å²) in [5.41, 5.74) is 10.7. The first-order valence-corrected chi connectivity index (χ1v) is 3.47. The predicted molar refractivity (Wildman–Crippen MR) is 45.9 cm³/mol. The maximum Gasteiger partial charge on any atom is 0.412 e. The molecule has 0 fully saturated rings. The molecule has 0 aromatic heterocycles. The fourth-order valence-electron chi connectivity index (χ4n) is 0.816. The maximum atomic E-state index is 11.0. The maximum absolute atomic E-state index is 11.0. The van der Waals surface area contributed by atoms with Crippen molar-refractivity contribution in [2.24, 2.45) is 5.73 Å². The summed E-state index contributed by atoms with van der Waals surface area (Å²) in [4.78, 5) is 21.2. The number of ether oxygens (including phenoxy) is 1. The standard InChI is InChI=1S/C8H8N2O3/c9-6-3-1-2-5(4-6)7(11)13-8(10)12/h1-4H,9H2,(H2,10,12). The molecule has 5 nitrogen and oxygen atoms in total. The number of esters is 1. The summed E-state index contributed by atoms with van der Waals surface area (Å²) in [5, 5.41) is 0. The largest absolute Gasteiger partial charge is 0.412 e. The van der Waals surface area contributed by atoms with Crippen molar-refractivity contribution in [1.82, 2.24) is 0 Å². The molecule has 0 saturated heterocycles. The molecule has 1 aromatic rings. The van der Waals surface area contributed by atoms with Crippen LogP contribution in [0.5, 0.6) is 0 Å². The fourth-order valence-corrected chi connectivity index (χ4v) is 0.816. The smallest absolute Gasteiger partial charge is 0.399 e. The number of nitrogen functional groups attached to an aromatic ring is 1. The SMILES string of the molecule is NC(=O)OC(=O)c1cccc(N)c1. The van der Waals surface area contributed by atoms with Crippen LogP contribution in [-0.2, 0) is 4.74 Å². The molecule has 0 aliphatic heterocycles. The lowest BCUT2D eigenvalue weighted by Crippen LogP contribution is -2.18. The summed E-state index contributed by atoms with van der Waals surface area (Å²) in [6.07, 6.45) is -1.13. The molecule has 1 amide bonds. The molecule has 0 bridgehead atoms. The molecular formula is C8H8N2O3. The third-order valence-corrected chi connectivity index (χ3v) is 1.32. The van der Waals surface area contributed by atoms with Crippen LogP contribution in [0.15, 0.2) is 24.3 Å². The van der Waals surface area contributed by atoms with Crippen molar-refractivity contribution in [3.05, 3.63) is 29.8 Å². The van der Waals surface area contributed by atoms with Gasteiger partial charge in [-0.05, 0) is 18.2 Å². The van der Waals surface area contributed by atoms with Crippen molar-refractivity contribution >= 4 is 17.7 Å². The Labute approximate surface area is 74.3 Å². The summed E-state index contributed by atoms with van der Waals surface area (Å²) >= 11 is 0. The lowest BCUT2D eigenvalue weighted by atomic mass is 10.2. The van der Waals surface area contributed by atoms with Crippen molar-refractivity contribution in [3.63, 3.8) is 0 Å². The number of hydrogen-bond donors (Lipinski definition) is 2. The average molecular weight is 180 g/mol. The van der Waals surface area contributed by atoms with E-state index < -0.39 is 12.1 Å². The van der Waals surface area contributed by atoms with Crippen LogP contribution in [0, 0.1) is 0 Å². The van der Waals surface area contributed by atoms with E-state index in [0.29, 0.717) is 5.69 Å². The van der Waals surface area contributed by atoms with E-state index in [1.165, 1.54) is 12.1 Å². The van der Waals surface area contributed by atoms with Gasteiger partial charge in [0.15, 0.2) is 0 Å². The number of hydrogen-bond acceptors (Lipinski definition) is 4. The second-order valence-corrected chi connectivity index (χ2v) is 2.33. The molecule has 4 N–H and O–H groups in total. The topological polar surface area (TPSA) is 95.4 Å². The average Bonchev–Trinajstić information content (AvgIpc) is 2.03. The first kappa shape index (κ1) is 9.05. The zero-order chi connectivity index (χ0) is 9.84. The van der Waals surface area contributed by atoms with E-state index in [1.807, 2.05) is 0 Å². The Morgan fingerprint density at radius 3 is 2.54 bits per heavy atom. The Kier molecular flexibility index (Phi) is 2.49. The molecule has 0 spiro atoms. The number of nitrogens with two attached hydrogens (primary N) is 2. The van der Waals surface area contributed by atoms with Gasteiger partial charge in [0, 0.05) is 5.69 Å². The molecular weight excluding hydrogens is 172 g/mol. The van der Waals surface area contributed by atoms with Gasteiger partial charge < -0.3 is 16.2 Å². The van der Waals surface area contributed by atoms with Crippen molar-refractivity contribution in [3.8, 4) is 0 Å². The highest BCUT2D eigenvalue weighted by Gasteiger charge is 2.09. The van der Waals surface area contributed by atoms with Gasteiger partial charge in [0.05, 0.1) is 5.56 Å². The molecule has 1 aromatic carbocycles. The molecule has 0 aliphatic rings. The van der Waals surface area contributed by atoms with E-state index >= 15 is 0 Å². The summed E-state index contributed by atoms with van der Waals surface area (Å²) < 4.78 is 4.14. The van der Waals surface area contributed by atoms with Crippen molar-refractivity contribution < 1.29 is 14.3 Å². The van der Waals surface area contributed by atoms with Gasteiger partial charge in [0.1, 0.15) is 0 Å². The first-order chi connectivity index (χ1) is 6.09. The molecule has 1 rings (SSSR count). The van der Waals surface area contributed by atoms with Crippen LogP contribution in [0.2, 0.25) is 0 Å². The Morgan fingerprint density at radius 1 is 1.31 bits per heavy atom. The van der Waals surface area contributed by atoms with Gasteiger partial charge in [-0.15, -0.1) is 0 Å². The summed E-state index contributed by atoms with van der Waals surface area (Å²) in [7, 11) is 0. The van der Waals surface area contributed by atoms with E-state index in [0.717, 1.165) is 0 Å². The van der Waals surface area contributed by atoms with Gasteiger partial charge in [-0.3, -0.25) is 0 Å². The van der Waals surface area contributed by atoms with Crippen LogP contribution in [0.25, 0.3) is 0 Å². The Morgan fingerprint density at radius 2 is 2.00 bits per heavy atom. The predicted octanol–water partition coefficient (Wildman–Crippen LogP) is 0.504. The summed E-state index contributed by atoms with van der Waals surface area (Å²) in [6, 6.07) is 6.06. The third kappa shape index (κ3) is 2.48. The number of amides is 1. The van der Waals surface area contributed by atoms with Crippen molar-refractivity contribution in [1.29, 1.82) is 0 Å². The molecule has 0 atom stereocenters. The van der Waals surface area contributed by atoms with Gasteiger partial charge in [0.2, 0.25) is 0 Å². The normalized spacial score (nSPS) is 9.23. The Balaban J connectivity index is 2.83. The second-order valence-electron chi connectivity index (χ2n) is 2.33. The number of anilines is 1. The quantitative estimate of drug-likeness (QED) is 0.373. The first-order valence-electron chi connectivity index (χ1n) is 3.47. The number of benzene rings is 1. The molecule has 0 saturated carbocycles. The monoisotopic (exact) mass is 180 g/mol. The number of carbonyl (C=O) groups excluding carboxylic acids is 2. The van der Waals surface area contributed by atoms with Crippen molar-refractivity contribution in [2.45, 2.75) is 0 Å². The van der Waals surface area contributed by atoms with Gasteiger partial charge in [-0.1, -0.05) is 6.07 Å². The van der Waals surface area contributed by atoms with Crippen LogP contribution in [0.4, 0.5) is 10.5 Å². The lowest BCUT2D eigenvalue weighted by molar-refractivity contribution is 0.0638. The highest BCUT2D eigenvalue weighted by molar-refractivity contribution is 5.96. The fraction of sp³-hybridized carbons (Fsp3) is 0. The molecule has 68 valence electrons. The molecule has 13 heavy (non-hydrogen) atoms. The minimum Gasteiger partial charge on any atom is -0.399 e. The second kappa shape index (κ2) is 3.57.